The van der Waals surface area contributed by atoms with Crippen molar-refractivity contribution in [2.75, 3.05) is 29.2 Å². The maximum atomic E-state index is 12.0. The van der Waals surface area contributed by atoms with Crippen LogP contribution in [0, 0.1) is 0 Å². The number of nitrogens with zero attached hydrogens (tertiary/aromatic N) is 2. The third kappa shape index (κ3) is 6.15. The molecule has 4 rings (SSSR count). The molecule has 2 N–H and O–H groups in total. The predicted molar refractivity (Wildman–Crippen MR) is 148 cm³/mol. The molecule has 0 aliphatic heterocycles. The predicted octanol–water partition coefficient (Wildman–Crippen LogP) is 7.95. The molecule has 0 aliphatic rings. The van der Waals surface area contributed by atoms with Gasteiger partial charge >= 0.3 is 5.97 Å². The van der Waals surface area contributed by atoms with Crippen molar-refractivity contribution in [1.29, 1.82) is 0 Å². The van der Waals surface area contributed by atoms with Crippen LogP contribution in [0.3, 0.4) is 0 Å². The van der Waals surface area contributed by atoms with Crippen LogP contribution in [0.15, 0.2) is 91.1 Å². The van der Waals surface area contributed by atoms with Crippen LogP contribution in [0.1, 0.15) is 30.1 Å². The standard InChI is InChI=1S/C29H29ClN4O2/c1-3-4-19-34(23-9-6-5-7-10-23)24-16-17-27(26(30)20-24)32-21-12-14-22(15-13-21)33-28-25(29(35)36-2)11-8-18-31-28/h5-18,20,32H,3-4,19H2,1-2H3,(H,31,33). The molecule has 0 atom stereocenters. The van der Waals surface area contributed by atoms with E-state index in [4.69, 9.17) is 16.3 Å². The molecule has 4 aromatic rings. The normalized spacial score (nSPS) is 10.5. The van der Waals surface area contributed by atoms with E-state index in [-0.39, 0.29) is 0 Å². The van der Waals surface area contributed by atoms with Crippen molar-refractivity contribution < 1.29 is 9.53 Å². The minimum Gasteiger partial charge on any atom is -0.465 e. The number of unbranched alkanes of at least 4 members (excludes halogenated alkanes) is 1. The summed E-state index contributed by atoms with van der Waals surface area (Å²) in [6.45, 7) is 3.12. The number of halogens is 1. The lowest BCUT2D eigenvalue weighted by Crippen LogP contribution is -2.18. The zero-order valence-electron chi connectivity index (χ0n) is 20.4. The van der Waals surface area contributed by atoms with E-state index in [0.29, 0.717) is 16.4 Å². The maximum Gasteiger partial charge on any atom is 0.341 e. The molecule has 1 aromatic heterocycles. The van der Waals surface area contributed by atoms with Crippen LogP contribution < -0.4 is 15.5 Å². The SMILES string of the molecule is CCCCN(c1ccccc1)c1ccc(Nc2ccc(Nc3ncccc3C(=O)OC)cc2)c(Cl)c1. The first-order chi connectivity index (χ1) is 17.6. The van der Waals surface area contributed by atoms with Crippen molar-refractivity contribution in [2.45, 2.75) is 19.8 Å². The van der Waals surface area contributed by atoms with E-state index < -0.39 is 5.97 Å². The molecule has 0 radical (unpaired) electrons. The first-order valence-electron chi connectivity index (χ1n) is 11.9. The molecular formula is C29H29ClN4O2. The molecule has 6 nitrogen and oxygen atoms in total. The van der Waals surface area contributed by atoms with E-state index in [1.54, 1.807) is 18.3 Å². The third-order valence-electron chi connectivity index (χ3n) is 5.71. The van der Waals surface area contributed by atoms with Crippen LogP contribution in [0.4, 0.5) is 34.3 Å². The van der Waals surface area contributed by atoms with Gasteiger partial charge in [-0.15, -0.1) is 0 Å². The minimum atomic E-state index is -0.442. The van der Waals surface area contributed by atoms with Gasteiger partial charge in [0.15, 0.2) is 0 Å². The number of aromatic nitrogens is 1. The number of esters is 1. The second kappa shape index (κ2) is 12.1. The average molecular weight is 501 g/mol. The molecule has 0 fully saturated rings. The number of nitrogens with one attached hydrogen (secondary N) is 2. The maximum absolute atomic E-state index is 12.0. The first kappa shape index (κ1) is 25.1. The topological polar surface area (TPSA) is 66.5 Å². The molecule has 7 heteroatoms. The zero-order valence-corrected chi connectivity index (χ0v) is 21.1. The highest BCUT2D eigenvalue weighted by molar-refractivity contribution is 6.33. The number of carbonyl (C=O) groups excluding carboxylic acids is 1. The fourth-order valence-electron chi connectivity index (χ4n) is 3.81. The number of ether oxygens (including phenoxy) is 1. The summed E-state index contributed by atoms with van der Waals surface area (Å²) in [6, 6.07) is 27.5. The first-order valence-corrected chi connectivity index (χ1v) is 12.3. The van der Waals surface area contributed by atoms with E-state index in [1.807, 2.05) is 42.5 Å². The summed E-state index contributed by atoms with van der Waals surface area (Å²) in [5.74, 6) is -0.00256. The highest BCUT2D eigenvalue weighted by Gasteiger charge is 2.13. The molecule has 0 saturated heterocycles. The van der Waals surface area contributed by atoms with Gasteiger partial charge in [0.2, 0.25) is 0 Å². The van der Waals surface area contributed by atoms with Crippen molar-refractivity contribution in [3.63, 3.8) is 0 Å². The van der Waals surface area contributed by atoms with E-state index in [1.165, 1.54) is 7.11 Å². The lowest BCUT2D eigenvalue weighted by molar-refractivity contribution is 0.0601. The number of benzene rings is 3. The smallest absolute Gasteiger partial charge is 0.341 e. The van der Waals surface area contributed by atoms with Crippen molar-refractivity contribution in [3.8, 4) is 0 Å². The second-order valence-corrected chi connectivity index (χ2v) is 8.63. The van der Waals surface area contributed by atoms with Crippen LogP contribution >= 0.6 is 11.6 Å². The summed E-state index contributed by atoms with van der Waals surface area (Å²) in [6.07, 6.45) is 3.83. The highest BCUT2D eigenvalue weighted by atomic mass is 35.5. The van der Waals surface area contributed by atoms with Gasteiger partial charge in [0.05, 0.1) is 17.8 Å². The van der Waals surface area contributed by atoms with Crippen molar-refractivity contribution >= 4 is 51.8 Å². The Morgan fingerprint density at radius 1 is 0.917 bits per heavy atom. The van der Waals surface area contributed by atoms with E-state index in [0.717, 1.165) is 47.8 Å². The Hall–Kier alpha value is -4.03. The molecule has 3 aromatic carbocycles. The third-order valence-corrected chi connectivity index (χ3v) is 6.02. The van der Waals surface area contributed by atoms with Crippen LogP contribution in [0.2, 0.25) is 5.02 Å². The van der Waals surface area contributed by atoms with Gasteiger partial charge in [-0.2, -0.15) is 0 Å². The molecule has 0 amide bonds. The number of methoxy groups -OCH3 is 1. The lowest BCUT2D eigenvalue weighted by atomic mass is 10.2. The average Bonchev–Trinajstić information content (AvgIpc) is 2.92. The van der Waals surface area contributed by atoms with E-state index in [2.05, 4.69) is 57.8 Å². The quantitative estimate of drug-likeness (QED) is 0.215. The molecule has 0 aliphatic carbocycles. The molecule has 184 valence electrons. The Kier molecular flexibility index (Phi) is 8.42. The number of pyridine rings is 1. The summed E-state index contributed by atoms with van der Waals surface area (Å²) >= 11 is 6.69. The Labute approximate surface area is 216 Å². The van der Waals surface area contributed by atoms with E-state index in [9.17, 15) is 4.79 Å². The monoisotopic (exact) mass is 500 g/mol. The van der Waals surface area contributed by atoms with Crippen molar-refractivity contribution in [2.24, 2.45) is 0 Å². The Bertz CT molecular complexity index is 1300. The number of rotatable bonds is 10. The van der Waals surface area contributed by atoms with Gasteiger partial charge in [-0.3, -0.25) is 0 Å². The summed E-state index contributed by atoms with van der Waals surface area (Å²) in [5.41, 5.74) is 5.08. The molecule has 0 bridgehead atoms. The van der Waals surface area contributed by atoms with Crippen molar-refractivity contribution in [1.82, 2.24) is 4.98 Å². The van der Waals surface area contributed by atoms with Gasteiger partial charge in [0, 0.05) is 35.5 Å². The fourth-order valence-corrected chi connectivity index (χ4v) is 4.04. The fraction of sp³-hybridized carbons (Fsp3) is 0.172. The minimum absolute atomic E-state index is 0.373. The molecule has 0 saturated carbocycles. The summed E-state index contributed by atoms with van der Waals surface area (Å²) in [7, 11) is 1.35. The lowest BCUT2D eigenvalue weighted by Gasteiger charge is -2.25. The van der Waals surface area contributed by atoms with Gasteiger partial charge in [0.1, 0.15) is 11.4 Å². The summed E-state index contributed by atoms with van der Waals surface area (Å²) in [4.78, 5) is 18.5. The van der Waals surface area contributed by atoms with Crippen LogP contribution in [0.5, 0.6) is 0 Å². The second-order valence-electron chi connectivity index (χ2n) is 8.22. The van der Waals surface area contributed by atoms with Gasteiger partial charge in [0.25, 0.3) is 0 Å². The number of para-hydroxylation sites is 1. The highest BCUT2D eigenvalue weighted by Crippen LogP contribution is 2.33. The zero-order chi connectivity index (χ0) is 25.3. The van der Waals surface area contributed by atoms with Crippen LogP contribution in [0.25, 0.3) is 0 Å². The van der Waals surface area contributed by atoms with Crippen molar-refractivity contribution in [3.05, 3.63) is 102 Å². The summed E-state index contributed by atoms with van der Waals surface area (Å²) in [5, 5.41) is 7.20. The van der Waals surface area contributed by atoms with Crippen LogP contribution in [-0.4, -0.2) is 24.6 Å². The van der Waals surface area contributed by atoms with Gasteiger partial charge in [-0.25, -0.2) is 9.78 Å². The summed E-state index contributed by atoms with van der Waals surface area (Å²) < 4.78 is 4.83. The molecule has 0 spiro atoms. The molecule has 36 heavy (non-hydrogen) atoms. The largest absolute Gasteiger partial charge is 0.465 e. The molecule has 0 unspecified atom stereocenters. The number of hydrogen-bond donors (Lipinski definition) is 2. The Morgan fingerprint density at radius 2 is 1.64 bits per heavy atom. The molecule has 1 heterocycles. The van der Waals surface area contributed by atoms with Gasteiger partial charge < -0.3 is 20.3 Å². The molecular weight excluding hydrogens is 472 g/mol. The van der Waals surface area contributed by atoms with Gasteiger partial charge in [-0.05, 0) is 73.2 Å². The Balaban J connectivity index is 1.48. The van der Waals surface area contributed by atoms with E-state index >= 15 is 0 Å². The number of anilines is 6. The Morgan fingerprint density at radius 3 is 2.31 bits per heavy atom. The number of hydrogen-bond acceptors (Lipinski definition) is 6. The number of carbonyl (C=O) groups is 1. The van der Waals surface area contributed by atoms with Crippen LogP contribution in [-0.2, 0) is 4.74 Å². The van der Waals surface area contributed by atoms with Gasteiger partial charge in [-0.1, -0.05) is 43.1 Å².